The first-order valence-corrected chi connectivity index (χ1v) is 7.17. The predicted molar refractivity (Wildman–Crippen MR) is 77.6 cm³/mol. The molecule has 0 amide bonds. The molecule has 0 saturated carbocycles. The lowest BCUT2D eigenvalue weighted by atomic mass is 9.66. The number of carbonyl (C=O) groups is 1. The maximum atomic E-state index is 12.2. The van der Waals surface area contributed by atoms with E-state index >= 15 is 0 Å². The van der Waals surface area contributed by atoms with E-state index in [4.69, 9.17) is 4.74 Å². The van der Waals surface area contributed by atoms with Crippen LogP contribution in [0.25, 0.3) is 0 Å². The van der Waals surface area contributed by atoms with Gasteiger partial charge in [-0.3, -0.25) is 4.79 Å². The first-order chi connectivity index (χ1) is 8.95. The monoisotopic (exact) mass is 260 g/mol. The highest BCUT2D eigenvalue weighted by atomic mass is 16.5. The zero-order valence-electron chi connectivity index (χ0n) is 12.7. The average molecular weight is 260 g/mol. The zero-order valence-corrected chi connectivity index (χ0v) is 12.7. The number of benzene rings is 1. The second-order valence-corrected chi connectivity index (χ2v) is 5.94. The van der Waals surface area contributed by atoms with Crippen molar-refractivity contribution >= 4 is 5.97 Å². The Morgan fingerprint density at radius 2 is 2.16 bits per heavy atom. The molecule has 2 rings (SSSR count). The Hall–Kier alpha value is -1.31. The molecule has 1 aliphatic rings. The van der Waals surface area contributed by atoms with Gasteiger partial charge in [0.15, 0.2) is 0 Å². The Kier molecular flexibility index (Phi) is 3.71. The fourth-order valence-electron chi connectivity index (χ4n) is 3.51. The van der Waals surface area contributed by atoms with Crippen LogP contribution in [0.4, 0.5) is 0 Å². The van der Waals surface area contributed by atoms with E-state index in [1.54, 1.807) is 0 Å². The third kappa shape index (κ3) is 2.07. The molecule has 19 heavy (non-hydrogen) atoms. The van der Waals surface area contributed by atoms with Gasteiger partial charge in [0.1, 0.15) is 0 Å². The van der Waals surface area contributed by atoms with Gasteiger partial charge in [-0.1, -0.05) is 26.0 Å². The summed E-state index contributed by atoms with van der Waals surface area (Å²) in [5.74, 6) is 0.425. The highest BCUT2D eigenvalue weighted by Crippen LogP contribution is 2.45. The van der Waals surface area contributed by atoms with Crippen molar-refractivity contribution in [3.05, 3.63) is 34.4 Å². The SMILES string of the molecule is CCc1c(C)ccc2c1C(C)CCC2(C)C(=O)OC. The molecule has 0 saturated heterocycles. The topological polar surface area (TPSA) is 26.3 Å². The summed E-state index contributed by atoms with van der Waals surface area (Å²) in [6, 6.07) is 4.29. The number of hydrogen-bond donors (Lipinski definition) is 0. The first-order valence-electron chi connectivity index (χ1n) is 7.17. The molecule has 0 fully saturated rings. The van der Waals surface area contributed by atoms with E-state index in [0.717, 1.165) is 19.3 Å². The normalized spacial score (nSPS) is 25.8. The molecular formula is C17H24O2. The van der Waals surface area contributed by atoms with Crippen molar-refractivity contribution in [1.82, 2.24) is 0 Å². The largest absolute Gasteiger partial charge is 0.468 e. The number of methoxy groups -OCH3 is 1. The Bertz CT molecular complexity index is 504. The zero-order chi connectivity index (χ0) is 14.2. The molecule has 0 N–H and O–H groups in total. The smallest absolute Gasteiger partial charge is 0.316 e. The summed E-state index contributed by atoms with van der Waals surface area (Å²) in [7, 11) is 1.49. The summed E-state index contributed by atoms with van der Waals surface area (Å²) in [5, 5.41) is 0. The number of carbonyl (C=O) groups excluding carboxylic acids is 1. The Morgan fingerprint density at radius 1 is 1.47 bits per heavy atom. The van der Waals surface area contributed by atoms with E-state index in [2.05, 4.69) is 32.9 Å². The molecule has 1 aromatic rings. The summed E-state index contributed by atoms with van der Waals surface area (Å²) in [5.41, 5.74) is 4.85. The van der Waals surface area contributed by atoms with Gasteiger partial charge in [-0.2, -0.15) is 0 Å². The van der Waals surface area contributed by atoms with Gasteiger partial charge in [0, 0.05) is 0 Å². The molecule has 2 unspecified atom stereocenters. The number of rotatable bonds is 2. The van der Waals surface area contributed by atoms with Crippen LogP contribution in [0.15, 0.2) is 12.1 Å². The molecule has 1 aliphatic carbocycles. The van der Waals surface area contributed by atoms with Crippen molar-refractivity contribution in [2.24, 2.45) is 0 Å². The Balaban J connectivity index is 2.68. The van der Waals surface area contributed by atoms with Gasteiger partial charge in [0.2, 0.25) is 0 Å². The quantitative estimate of drug-likeness (QED) is 0.754. The van der Waals surface area contributed by atoms with E-state index < -0.39 is 5.41 Å². The van der Waals surface area contributed by atoms with Crippen LogP contribution in [-0.4, -0.2) is 13.1 Å². The Labute approximate surface area is 116 Å². The second kappa shape index (κ2) is 4.99. The maximum absolute atomic E-state index is 12.2. The van der Waals surface area contributed by atoms with Gasteiger partial charge in [0.25, 0.3) is 0 Å². The summed E-state index contributed by atoms with van der Waals surface area (Å²) in [6.07, 6.45) is 2.95. The molecule has 0 bridgehead atoms. The van der Waals surface area contributed by atoms with Crippen molar-refractivity contribution in [3.63, 3.8) is 0 Å². The van der Waals surface area contributed by atoms with Crippen molar-refractivity contribution in [3.8, 4) is 0 Å². The average Bonchev–Trinajstić information content (AvgIpc) is 2.41. The summed E-state index contributed by atoms with van der Waals surface area (Å²) < 4.78 is 5.05. The number of ether oxygens (including phenoxy) is 1. The van der Waals surface area contributed by atoms with Gasteiger partial charge in [0.05, 0.1) is 12.5 Å². The van der Waals surface area contributed by atoms with Crippen molar-refractivity contribution in [2.75, 3.05) is 7.11 Å². The lowest BCUT2D eigenvalue weighted by molar-refractivity contribution is -0.147. The van der Waals surface area contributed by atoms with E-state index in [-0.39, 0.29) is 5.97 Å². The lowest BCUT2D eigenvalue weighted by Gasteiger charge is -2.38. The highest BCUT2D eigenvalue weighted by Gasteiger charge is 2.42. The van der Waals surface area contributed by atoms with E-state index in [0.29, 0.717) is 5.92 Å². The fourth-order valence-corrected chi connectivity index (χ4v) is 3.51. The molecule has 0 spiro atoms. The van der Waals surface area contributed by atoms with Gasteiger partial charge >= 0.3 is 5.97 Å². The van der Waals surface area contributed by atoms with Crippen LogP contribution < -0.4 is 0 Å². The van der Waals surface area contributed by atoms with Crippen LogP contribution in [0.2, 0.25) is 0 Å². The maximum Gasteiger partial charge on any atom is 0.316 e. The van der Waals surface area contributed by atoms with Gasteiger partial charge in [-0.05, 0) is 61.3 Å². The third-order valence-electron chi connectivity index (χ3n) is 4.75. The lowest BCUT2D eigenvalue weighted by Crippen LogP contribution is -2.38. The molecule has 1 aromatic carbocycles. The summed E-state index contributed by atoms with van der Waals surface area (Å²) in [4.78, 5) is 12.2. The van der Waals surface area contributed by atoms with Gasteiger partial charge in [-0.15, -0.1) is 0 Å². The van der Waals surface area contributed by atoms with Crippen LogP contribution in [0.5, 0.6) is 0 Å². The van der Waals surface area contributed by atoms with Crippen LogP contribution in [-0.2, 0) is 21.4 Å². The number of esters is 1. The first kappa shape index (κ1) is 14.1. The van der Waals surface area contributed by atoms with Crippen LogP contribution in [0, 0.1) is 6.92 Å². The number of fused-ring (bicyclic) bond motifs is 1. The minimum absolute atomic E-state index is 0.105. The molecule has 0 aliphatic heterocycles. The fraction of sp³-hybridized carbons (Fsp3) is 0.588. The molecule has 0 heterocycles. The standard InChI is InChI=1S/C17H24O2/c1-6-13-11(2)7-8-14-15(13)12(3)9-10-17(14,4)16(18)19-5/h7-8,12H,6,9-10H2,1-5H3. The second-order valence-electron chi connectivity index (χ2n) is 5.94. The van der Waals surface area contributed by atoms with Crippen LogP contribution in [0.3, 0.4) is 0 Å². The van der Waals surface area contributed by atoms with Gasteiger partial charge < -0.3 is 4.74 Å². The predicted octanol–water partition coefficient (Wildman–Crippen LogP) is 3.89. The minimum atomic E-state index is -0.478. The third-order valence-corrected chi connectivity index (χ3v) is 4.75. The van der Waals surface area contributed by atoms with E-state index in [9.17, 15) is 4.79 Å². The van der Waals surface area contributed by atoms with E-state index in [1.165, 1.54) is 29.4 Å². The van der Waals surface area contributed by atoms with Crippen molar-refractivity contribution in [2.45, 2.75) is 58.3 Å². The molecular weight excluding hydrogens is 236 g/mol. The molecule has 104 valence electrons. The number of aryl methyl sites for hydroxylation is 1. The van der Waals surface area contributed by atoms with E-state index in [1.807, 2.05) is 6.92 Å². The molecule has 2 heteroatoms. The molecule has 2 atom stereocenters. The van der Waals surface area contributed by atoms with Crippen molar-refractivity contribution < 1.29 is 9.53 Å². The summed E-state index contributed by atoms with van der Waals surface area (Å²) in [6.45, 7) is 8.65. The summed E-state index contributed by atoms with van der Waals surface area (Å²) >= 11 is 0. The molecule has 2 nitrogen and oxygen atoms in total. The van der Waals surface area contributed by atoms with Crippen LogP contribution >= 0.6 is 0 Å². The molecule has 0 aromatic heterocycles. The highest BCUT2D eigenvalue weighted by molar-refractivity contribution is 5.84. The van der Waals surface area contributed by atoms with Gasteiger partial charge in [-0.25, -0.2) is 0 Å². The number of hydrogen-bond acceptors (Lipinski definition) is 2. The Morgan fingerprint density at radius 3 is 2.74 bits per heavy atom. The van der Waals surface area contributed by atoms with Crippen LogP contribution in [0.1, 0.15) is 61.8 Å². The minimum Gasteiger partial charge on any atom is -0.468 e. The molecule has 0 radical (unpaired) electrons. The van der Waals surface area contributed by atoms with Crippen molar-refractivity contribution in [1.29, 1.82) is 0 Å².